The van der Waals surface area contributed by atoms with Gasteiger partial charge in [0.1, 0.15) is 5.75 Å². The summed E-state index contributed by atoms with van der Waals surface area (Å²) in [5.74, 6) is 0.688. The Kier molecular flexibility index (Phi) is 5.53. The molecule has 7 heteroatoms. The number of nitrogens with zero attached hydrogens (tertiary/aromatic N) is 3. The van der Waals surface area contributed by atoms with Gasteiger partial charge in [0.15, 0.2) is 5.65 Å². The van der Waals surface area contributed by atoms with Gasteiger partial charge in [0.25, 0.3) is 5.91 Å². The Morgan fingerprint density at radius 1 is 1.09 bits per heavy atom. The van der Waals surface area contributed by atoms with Crippen molar-refractivity contribution in [3.63, 3.8) is 0 Å². The number of pyridine rings is 1. The molecule has 0 saturated carbocycles. The number of hydrogen-bond acceptors (Lipinski definition) is 4. The number of aryl methyl sites for hydroxylation is 3. The molecule has 0 aliphatic heterocycles. The number of rotatable bonds is 6. The lowest BCUT2D eigenvalue weighted by Gasteiger charge is -2.09. The molecular weight excluding hydrogens is 426 g/mol. The number of ether oxygens (including phenoxy) is 1. The van der Waals surface area contributed by atoms with Gasteiger partial charge in [0, 0.05) is 29.3 Å². The van der Waals surface area contributed by atoms with Crippen molar-refractivity contribution in [2.75, 3.05) is 13.7 Å². The molecule has 0 radical (unpaired) electrons. The third-order valence-electron chi connectivity index (χ3n) is 6.12. The van der Waals surface area contributed by atoms with E-state index in [1.165, 1.54) is 5.56 Å². The van der Waals surface area contributed by atoms with E-state index >= 15 is 0 Å². The normalized spacial score (nSPS) is 11.3. The topological polar surface area (TPSA) is 84.8 Å². The molecule has 2 N–H and O–H groups in total. The smallest absolute Gasteiger partial charge is 0.252 e. The first-order valence-electron chi connectivity index (χ1n) is 11.3. The van der Waals surface area contributed by atoms with E-state index in [1.54, 1.807) is 7.11 Å². The van der Waals surface area contributed by atoms with E-state index in [0.29, 0.717) is 24.2 Å². The predicted molar refractivity (Wildman–Crippen MR) is 134 cm³/mol. The van der Waals surface area contributed by atoms with E-state index in [2.05, 4.69) is 10.3 Å². The van der Waals surface area contributed by atoms with Gasteiger partial charge >= 0.3 is 0 Å². The van der Waals surface area contributed by atoms with E-state index in [1.807, 2.05) is 80.2 Å². The molecule has 0 aliphatic rings. The molecule has 0 unspecified atom stereocenters. The van der Waals surface area contributed by atoms with Gasteiger partial charge in [-0.15, -0.1) is 0 Å². The number of aromatic nitrogens is 4. The monoisotopic (exact) mass is 453 g/mol. The third-order valence-corrected chi connectivity index (χ3v) is 6.12. The number of nitrogens with one attached hydrogen (secondary N) is 2. The van der Waals surface area contributed by atoms with E-state index in [9.17, 15) is 4.79 Å². The second-order valence-corrected chi connectivity index (χ2v) is 8.57. The van der Waals surface area contributed by atoms with Gasteiger partial charge in [-0.3, -0.25) is 4.79 Å². The van der Waals surface area contributed by atoms with Crippen molar-refractivity contribution in [2.45, 2.75) is 27.2 Å². The number of H-pyrrole nitrogens is 1. The summed E-state index contributed by atoms with van der Waals surface area (Å²) < 4.78 is 7.17. The Hall–Kier alpha value is -4.13. The second kappa shape index (κ2) is 8.67. The van der Waals surface area contributed by atoms with Crippen molar-refractivity contribution < 1.29 is 9.53 Å². The maximum Gasteiger partial charge on any atom is 0.252 e. The van der Waals surface area contributed by atoms with Gasteiger partial charge in [-0.25, -0.2) is 9.67 Å². The fraction of sp³-hybridized carbons (Fsp3) is 0.222. The molecule has 5 rings (SSSR count). The summed E-state index contributed by atoms with van der Waals surface area (Å²) in [7, 11) is 1.66. The fourth-order valence-electron chi connectivity index (χ4n) is 4.36. The molecule has 2 aromatic carbocycles. The van der Waals surface area contributed by atoms with Gasteiger partial charge in [-0.05, 0) is 69.2 Å². The van der Waals surface area contributed by atoms with Crippen LogP contribution in [0.1, 0.15) is 32.9 Å². The second-order valence-electron chi connectivity index (χ2n) is 8.57. The molecule has 5 aromatic rings. The molecule has 172 valence electrons. The van der Waals surface area contributed by atoms with Crippen LogP contribution in [-0.4, -0.2) is 39.3 Å². The highest BCUT2D eigenvalue weighted by Crippen LogP contribution is 2.26. The lowest BCUT2D eigenvalue weighted by molar-refractivity contribution is 0.0955. The zero-order valence-electron chi connectivity index (χ0n) is 19.8. The Morgan fingerprint density at radius 2 is 1.88 bits per heavy atom. The van der Waals surface area contributed by atoms with Crippen LogP contribution in [0.15, 0.2) is 54.7 Å². The number of carbonyl (C=O) groups excluding carboxylic acids is 1. The highest BCUT2D eigenvalue weighted by Gasteiger charge is 2.19. The molecule has 3 heterocycles. The maximum absolute atomic E-state index is 13.2. The molecule has 34 heavy (non-hydrogen) atoms. The summed E-state index contributed by atoms with van der Waals surface area (Å²) in [6.07, 6.45) is 2.69. The molecule has 3 aromatic heterocycles. The molecule has 0 bridgehead atoms. The van der Waals surface area contributed by atoms with Crippen LogP contribution in [0.5, 0.6) is 5.75 Å². The minimum atomic E-state index is -0.125. The van der Waals surface area contributed by atoms with Crippen molar-refractivity contribution >= 4 is 27.8 Å². The van der Waals surface area contributed by atoms with Crippen LogP contribution in [-0.2, 0) is 6.42 Å². The summed E-state index contributed by atoms with van der Waals surface area (Å²) in [5.41, 5.74) is 7.11. The van der Waals surface area contributed by atoms with E-state index in [0.717, 1.165) is 44.7 Å². The standard InChI is InChI=1S/C27H27N5O2/c1-16-5-7-20(8-6-16)32-26-25(18(3)31-32)23(13-17(2)30-26)27(33)28-12-11-19-15-29-24-10-9-21(34-4)14-22(19)24/h5-10,13-15,29H,11-12H2,1-4H3,(H,28,33). The number of amides is 1. The Bertz CT molecular complexity index is 1510. The molecule has 1 amide bonds. The van der Waals surface area contributed by atoms with Crippen molar-refractivity contribution in [3.05, 3.63) is 82.8 Å². The van der Waals surface area contributed by atoms with Gasteiger partial charge < -0.3 is 15.0 Å². The van der Waals surface area contributed by atoms with Crippen molar-refractivity contribution in [2.24, 2.45) is 0 Å². The number of hydrogen-bond donors (Lipinski definition) is 2. The SMILES string of the molecule is COc1ccc2[nH]cc(CCNC(=O)c3cc(C)nc4c3c(C)nn4-c3ccc(C)cc3)c2c1. The van der Waals surface area contributed by atoms with Crippen molar-refractivity contribution in [3.8, 4) is 11.4 Å². The zero-order chi connectivity index (χ0) is 23.8. The predicted octanol–water partition coefficient (Wildman–Crippen LogP) is 4.81. The summed E-state index contributed by atoms with van der Waals surface area (Å²) in [5, 5.41) is 9.67. The van der Waals surface area contributed by atoms with Crippen LogP contribution < -0.4 is 10.1 Å². The fourth-order valence-corrected chi connectivity index (χ4v) is 4.36. The first kappa shape index (κ1) is 21.7. The summed E-state index contributed by atoms with van der Waals surface area (Å²) in [6, 6.07) is 15.9. The van der Waals surface area contributed by atoms with E-state index in [4.69, 9.17) is 14.8 Å². The highest BCUT2D eigenvalue weighted by atomic mass is 16.5. The largest absolute Gasteiger partial charge is 0.497 e. The van der Waals surface area contributed by atoms with Gasteiger partial charge in [-0.2, -0.15) is 5.10 Å². The van der Waals surface area contributed by atoms with Gasteiger partial charge in [0.05, 0.1) is 29.4 Å². The van der Waals surface area contributed by atoms with Crippen molar-refractivity contribution in [1.82, 2.24) is 25.1 Å². The van der Waals surface area contributed by atoms with Gasteiger partial charge in [-0.1, -0.05) is 17.7 Å². The lowest BCUT2D eigenvalue weighted by atomic mass is 10.1. The molecule has 7 nitrogen and oxygen atoms in total. The molecule has 0 spiro atoms. The van der Waals surface area contributed by atoms with Gasteiger partial charge in [0.2, 0.25) is 0 Å². The minimum Gasteiger partial charge on any atom is -0.497 e. The summed E-state index contributed by atoms with van der Waals surface area (Å²) in [4.78, 5) is 21.2. The van der Waals surface area contributed by atoms with Crippen LogP contribution in [0, 0.1) is 20.8 Å². The highest BCUT2D eigenvalue weighted by molar-refractivity contribution is 6.06. The van der Waals surface area contributed by atoms with Crippen molar-refractivity contribution in [1.29, 1.82) is 0 Å². The number of benzene rings is 2. The average molecular weight is 454 g/mol. The van der Waals surface area contributed by atoms with Crippen LogP contribution in [0.2, 0.25) is 0 Å². The lowest BCUT2D eigenvalue weighted by Crippen LogP contribution is -2.26. The van der Waals surface area contributed by atoms with Crippen LogP contribution in [0.4, 0.5) is 0 Å². The quantitative estimate of drug-likeness (QED) is 0.386. The number of methoxy groups -OCH3 is 1. The summed E-state index contributed by atoms with van der Waals surface area (Å²) >= 11 is 0. The Labute approximate surface area is 197 Å². The molecule has 0 aliphatic carbocycles. The summed E-state index contributed by atoms with van der Waals surface area (Å²) in [6.45, 7) is 6.38. The minimum absolute atomic E-state index is 0.125. The Morgan fingerprint density at radius 3 is 2.65 bits per heavy atom. The zero-order valence-corrected chi connectivity index (χ0v) is 19.8. The van der Waals surface area contributed by atoms with Crippen LogP contribution in [0.25, 0.3) is 27.6 Å². The maximum atomic E-state index is 13.2. The third kappa shape index (κ3) is 3.90. The number of fused-ring (bicyclic) bond motifs is 2. The van der Waals surface area contributed by atoms with E-state index < -0.39 is 0 Å². The first-order valence-corrected chi connectivity index (χ1v) is 11.3. The molecule has 0 saturated heterocycles. The van der Waals surface area contributed by atoms with Crippen LogP contribution >= 0.6 is 0 Å². The van der Waals surface area contributed by atoms with Crippen LogP contribution in [0.3, 0.4) is 0 Å². The first-order chi connectivity index (χ1) is 16.4. The number of carbonyl (C=O) groups is 1. The molecule has 0 fully saturated rings. The molecular formula is C27H27N5O2. The van der Waals surface area contributed by atoms with E-state index in [-0.39, 0.29) is 5.91 Å². The average Bonchev–Trinajstić information content (AvgIpc) is 3.39. The number of aromatic amines is 1. The molecule has 0 atom stereocenters. The Balaban J connectivity index is 1.41.